The molecule has 1 atom stereocenters. The summed E-state index contributed by atoms with van der Waals surface area (Å²) in [7, 11) is 0. The van der Waals surface area contributed by atoms with E-state index < -0.39 is 0 Å². The van der Waals surface area contributed by atoms with Crippen molar-refractivity contribution in [3.8, 4) is 5.75 Å². The second-order valence-corrected chi connectivity index (χ2v) is 6.76. The minimum atomic E-state index is -0.268. The lowest BCUT2D eigenvalue weighted by molar-refractivity contribution is -0.123. The van der Waals surface area contributed by atoms with Crippen molar-refractivity contribution in [2.24, 2.45) is 11.0 Å². The lowest BCUT2D eigenvalue weighted by Gasteiger charge is -2.22. The molecule has 134 valence electrons. The molecular weight excluding hydrogens is 324 g/mol. The van der Waals surface area contributed by atoms with Crippen LogP contribution < -0.4 is 10.2 Å². The van der Waals surface area contributed by atoms with Crippen LogP contribution in [0.1, 0.15) is 26.7 Å². The monoisotopic (exact) mass is 348 g/mol. The Morgan fingerprint density at radius 1 is 1.27 bits per heavy atom. The van der Waals surface area contributed by atoms with Crippen molar-refractivity contribution < 1.29 is 9.53 Å². The summed E-state index contributed by atoms with van der Waals surface area (Å²) in [5.74, 6) is 0.793. The van der Waals surface area contributed by atoms with Gasteiger partial charge in [0.05, 0.1) is 5.71 Å². The third-order valence-corrected chi connectivity index (χ3v) is 4.71. The van der Waals surface area contributed by atoms with E-state index in [2.05, 4.69) is 23.2 Å². The number of amides is 1. The summed E-state index contributed by atoms with van der Waals surface area (Å²) in [6.07, 6.45) is 3.95. The predicted molar refractivity (Wildman–Crippen MR) is 106 cm³/mol. The Morgan fingerprint density at radius 2 is 2.04 bits per heavy atom. The van der Waals surface area contributed by atoms with Crippen LogP contribution in [0, 0.1) is 5.92 Å². The molecule has 0 bridgehead atoms. The average Bonchev–Trinajstić information content (AvgIpc) is 2.65. The second-order valence-electron chi connectivity index (χ2n) is 6.76. The predicted octanol–water partition coefficient (Wildman–Crippen LogP) is 4.62. The van der Waals surface area contributed by atoms with Gasteiger partial charge >= 0.3 is 0 Å². The van der Waals surface area contributed by atoms with Crippen LogP contribution in [0.2, 0.25) is 0 Å². The van der Waals surface area contributed by atoms with Crippen LogP contribution in [0.15, 0.2) is 71.4 Å². The third-order valence-electron chi connectivity index (χ3n) is 4.71. The highest BCUT2D eigenvalue weighted by atomic mass is 16.5. The summed E-state index contributed by atoms with van der Waals surface area (Å²) in [6, 6.07) is 13.8. The van der Waals surface area contributed by atoms with Crippen LogP contribution in [-0.2, 0) is 4.79 Å². The molecule has 1 aliphatic rings. The van der Waals surface area contributed by atoms with Crippen molar-refractivity contribution in [2.75, 3.05) is 6.61 Å². The van der Waals surface area contributed by atoms with Crippen molar-refractivity contribution in [1.82, 2.24) is 5.43 Å². The fourth-order valence-corrected chi connectivity index (χ4v) is 2.99. The Labute approximate surface area is 154 Å². The SMILES string of the molecule is C=C(C)[C@H]1CC=C(C)/C(=N\NC(=O)COc2ccc3ccccc3c2)C1. The number of allylic oxidation sites excluding steroid dienone is 3. The highest BCUT2D eigenvalue weighted by Gasteiger charge is 2.18. The molecule has 0 unspecified atom stereocenters. The quantitative estimate of drug-likeness (QED) is 0.633. The maximum absolute atomic E-state index is 12.1. The van der Waals surface area contributed by atoms with Crippen LogP contribution in [-0.4, -0.2) is 18.2 Å². The van der Waals surface area contributed by atoms with E-state index in [0.29, 0.717) is 11.7 Å². The van der Waals surface area contributed by atoms with Crippen LogP contribution in [0.25, 0.3) is 10.8 Å². The van der Waals surface area contributed by atoms with Gasteiger partial charge in [0.1, 0.15) is 5.75 Å². The van der Waals surface area contributed by atoms with Gasteiger partial charge < -0.3 is 4.74 Å². The number of carbonyl (C=O) groups is 1. The first-order valence-electron chi connectivity index (χ1n) is 8.82. The summed E-state index contributed by atoms with van der Waals surface area (Å²) in [4.78, 5) is 12.1. The van der Waals surface area contributed by atoms with Crippen molar-refractivity contribution in [3.63, 3.8) is 0 Å². The van der Waals surface area contributed by atoms with Crippen LogP contribution >= 0.6 is 0 Å². The van der Waals surface area contributed by atoms with Crippen molar-refractivity contribution >= 4 is 22.4 Å². The van der Waals surface area contributed by atoms with E-state index in [1.54, 1.807) is 0 Å². The highest BCUT2D eigenvalue weighted by molar-refractivity contribution is 6.01. The van der Waals surface area contributed by atoms with Gasteiger partial charge in [-0.25, -0.2) is 5.43 Å². The first-order valence-corrected chi connectivity index (χ1v) is 8.82. The normalized spacial score (nSPS) is 18.5. The molecule has 0 fully saturated rings. The molecule has 0 aliphatic heterocycles. The number of hydrogen-bond acceptors (Lipinski definition) is 3. The van der Waals surface area contributed by atoms with E-state index in [-0.39, 0.29) is 12.5 Å². The molecular formula is C22H24N2O2. The molecule has 1 amide bonds. The maximum Gasteiger partial charge on any atom is 0.277 e. The summed E-state index contributed by atoms with van der Waals surface area (Å²) in [5, 5.41) is 6.51. The number of hydrazone groups is 1. The smallest absolute Gasteiger partial charge is 0.277 e. The van der Waals surface area contributed by atoms with Gasteiger partial charge in [0.15, 0.2) is 6.61 Å². The topological polar surface area (TPSA) is 50.7 Å². The van der Waals surface area contributed by atoms with Crippen LogP contribution in [0.3, 0.4) is 0 Å². The van der Waals surface area contributed by atoms with E-state index >= 15 is 0 Å². The van der Waals surface area contributed by atoms with Gasteiger partial charge in [-0.05, 0) is 61.1 Å². The van der Waals surface area contributed by atoms with Crippen LogP contribution in [0.5, 0.6) is 5.75 Å². The van der Waals surface area contributed by atoms with Gasteiger partial charge in [0, 0.05) is 0 Å². The van der Waals surface area contributed by atoms with E-state index in [4.69, 9.17) is 4.74 Å². The van der Waals surface area contributed by atoms with E-state index in [0.717, 1.165) is 40.5 Å². The Kier molecular flexibility index (Phi) is 5.52. The van der Waals surface area contributed by atoms with Gasteiger partial charge in [-0.3, -0.25) is 4.79 Å². The molecule has 2 aromatic carbocycles. The average molecular weight is 348 g/mol. The zero-order valence-electron chi connectivity index (χ0n) is 15.3. The van der Waals surface area contributed by atoms with E-state index in [1.807, 2.05) is 56.3 Å². The first-order chi connectivity index (χ1) is 12.5. The van der Waals surface area contributed by atoms with Gasteiger partial charge in [0.25, 0.3) is 5.91 Å². The van der Waals surface area contributed by atoms with E-state index in [1.165, 1.54) is 0 Å². The number of carbonyl (C=O) groups excluding carboxylic acids is 1. The lowest BCUT2D eigenvalue weighted by Crippen LogP contribution is -2.27. The van der Waals surface area contributed by atoms with Crippen molar-refractivity contribution in [1.29, 1.82) is 0 Å². The van der Waals surface area contributed by atoms with Gasteiger partial charge in [-0.15, -0.1) is 0 Å². The number of benzene rings is 2. The Morgan fingerprint density at radius 3 is 2.81 bits per heavy atom. The van der Waals surface area contributed by atoms with Gasteiger partial charge in [-0.2, -0.15) is 5.10 Å². The number of hydrogen-bond donors (Lipinski definition) is 1. The van der Waals surface area contributed by atoms with Crippen molar-refractivity contribution in [3.05, 3.63) is 66.3 Å². The minimum absolute atomic E-state index is 0.0677. The summed E-state index contributed by atoms with van der Waals surface area (Å²) >= 11 is 0. The number of ether oxygens (including phenoxy) is 1. The number of fused-ring (bicyclic) bond motifs is 1. The fourth-order valence-electron chi connectivity index (χ4n) is 2.99. The second kappa shape index (κ2) is 8.00. The number of nitrogens with one attached hydrogen (secondary N) is 1. The summed E-state index contributed by atoms with van der Waals surface area (Å²) in [6.45, 7) is 8.01. The summed E-state index contributed by atoms with van der Waals surface area (Å²) < 4.78 is 5.59. The zero-order chi connectivity index (χ0) is 18.5. The molecule has 4 nitrogen and oxygen atoms in total. The molecule has 0 aromatic heterocycles. The van der Waals surface area contributed by atoms with Gasteiger partial charge in [-0.1, -0.05) is 48.6 Å². The maximum atomic E-state index is 12.1. The number of rotatable bonds is 5. The third kappa shape index (κ3) is 4.39. The minimum Gasteiger partial charge on any atom is -0.484 e. The molecule has 0 saturated heterocycles. The van der Waals surface area contributed by atoms with Crippen molar-refractivity contribution in [2.45, 2.75) is 26.7 Å². The lowest BCUT2D eigenvalue weighted by atomic mass is 9.85. The molecule has 4 heteroatoms. The molecule has 3 rings (SSSR count). The molecule has 0 saturated carbocycles. The standard InChI is InChI=1S/C22H24N2O2/c1-15(2)18-9-8-16(3)21(13-18)23-24-22(25)14-26-20-11-10-17-6-4-5-7-19(17)12-20/h4-8,10-12,18H,1,9,13-14H2,2-3H3,(H,24,25)/b23-21-/t18-/m0/s1. The largest absolute Gasteiger partial charge is 0.484 e. The first kappa shape index (κ1) is 17.9. The van der Waals surface area contributed by atoms with Crippen LogP contribution in [0.4, 0.5) is 0 Å². The Balaban J connectivity index is 1.57. The fraction of sp³-hybridized carbons (Fsp3) is 0.273. The number of nitrogens with zero attached hydrogens (tertiary/aromatic N) is 1. The molecule has 2 aromatic rings. The zero-order valence-corrected chi connectivity index (χ0v) is 15.3. The molecule has 0 heterocycles. The van der Waals surface area contributed by atoms with Gasteiger partial charge in [0.2, 0.25) is 0 Å². The molecule has 1 N–H and O–H groups in total. The Hall–Kier alpha value is -2.88. The Bertz CT molecular complexity index is 896. The molecule has 26 heavy (non-hydrogen) atoms. The molecule has 1 aliphatic carbocycles. The van der Waals surface area contributed by atoms with E-state index in [9.17, 15) is 4.79 Å². The highest BCUT2D eigenvalue weighted by Crippen LogP contribution is 2.26. The summed E-state index contributed by atoms with van der Waals surface area (Å²) in [5.41, 5.74) is 5.76. The molecule has 0 radical (unpaired) electrons. The molecule has 0 spiro atoms.